The molecule has 1 saturated carbocycles. The lowest BCUT2D eigenvalue weighted by atomic mass is 9.83. The summed E-state index contributed by atoms with van der Waals surface area (Å²) in [6.07, 6.45) is 8.36. The fourth-order valence-corrected chi connectivity index (χ4v) is 7.98. The van der Waals surface area contributed by atoms with E-state index in [-0.39, 0.29) is 16.9 Å². The van der Waals surface area contributed by atoms with Gasteiger partial charge in [-0.1, -0.05) is 63.3 Å². The first-order valence-electron chi connectivity index (χ1n) is 15.0. The molecule has 42 heavy (non-hydrogen) atoms. The molecule has 224 valence electrons. The Morgan fingerprint density at radius 1 is 1.02 bits per heavy atom. The molecular weight excluding hydrogens is 553 g/mol. The number of sulfonamides is 1. The summed E-state index contributed by atoms with van der Waals surface area (Å²) in [6.45, 7) is 3.31. The van der Waals surface area contributed by atoms with Crippen LogP contribution in [0.15, 0.2) is 65.6 Å². The monoisotopic (exact) mass is 593 g/mol. The highest BCUT2D eigenvalue weighted by atomic mass is 32.2. The van der Waals surface area contributed by atoms with E-state index in [0.717, 1.165) is 56.7 Å². The molecule has 0 radical (unpaired) electrons. The Morgan fingerprint density at radius 2 is 1.76 bits per heavy atom. The first kappa shape index (κ1) is 30.0. The molecule has 0 spiro atoms. The summed E-state index contributed by atoms with van der Waals surface area (Å²) in [7, 11) is -2.25. The molecule has 7 nitrogen and oxygen atoms in total. The number of halogens is 1. The number of benzene rings is 3. The maximum Gasteiger partial charge on any atom is 0.338 e. The number of hydrogen-bond acceptors (Lipinski definition) is 5. The van der Waals surface area contributed by atoms with Crippen molar-refractivity contribution in [1.29, 1.82) is 0 Å². The van der Waals surface area contributed by atoms with Crippen LogP contribution in [0, 0.1) is 11.7 Å². The summed E-state index contributed by atoms with van der Waals surface area (Å²) in [5.74, 6) is -1.96. The summed E-state index contributed by atoms with van der Waals surface area (Å²) in [6, 6.07) is 17.1. The van der Waals surface area contributed by atoms with Crippen molar-refractivity contribution < 1.29 is 22.7 Å². The van der Waals surface area contributed by atoms with Crippen LogP contribution in [0.3, 0.4) is 0 Å². The molecule has 3 aromatic carbocycles. The van der Waals surface area contributed by atoms with Crippen LogP contribution >= 0.6 is 0 Å². The molecule has 0 unspecified atom stereocenters. The average molecular weight is 594 g/mol. The van der Waals surface area contributed by atoms with Gasteiger partial charge in [0.05, 0.1) is 11.3 Å². The maximum atomic E-state index is 14.4. The lowest BCUT2D eigenvalue weighted by molar-refractivity contribution is 0.0692. The number of carbonyl (C=O) groups is 1. The number of likely N-dealkylation sites (N-methyl/N-ethyl adjacent to an activating group) is 1. The third-order valence-electron chi connectivity index (χ3n) is 8.75. The van der Waals surface area contributed by atoms with E-state index in [9.17, 15) is 22.7 Å². The van der Waals surface area contributed by atoms with Gasteiger partial charge in [-0.15, -0.1) is 0 Å². The Hall–Kier alpha value is -3.43. The van der Waals surface area contributed by atoms with Gasteiger partial charge in [0.15, 0.2) is 0 Å². The summed E-state index contributed by atoms with van der Waals surface area (Å²) < 4.78 is 44.7. The highest BCUT2D eigenvalue weighted by Crippen LogP contribution is 2.45. The third-order valence-corrected chi connectivity index (χ3v) is 10.7. The first-order chi connectivity index (χ1) is 20.2. The number of aromatic carboxylic acids is 1. The van der Waals surface area contributed by atoms with Crippen LogP contribution in [-0.2, 0) is 10.0 Å². The molecule has 1 fully saturated rings. The van der Waals surface area contributed by atoms with Crippen molar-refractivity contribution in [1.82, 2.24) is 4.31 Å². The predicted molar refractivity (Wildman–Crippen MR) is 166 cm³/mol. The number of hydrogen-bond donors (Lipinski definition) is 2. The average Bonchev–Trinajstić information content (AvgIpc) is 3.08. The van der Waals surface area contributed by atoms with Crippen molar-refractivity contribution in [3.8, 4) is 11.1 Å². The SMILES string of the molecule is CCCCCNc1cc2c(cc1-c1ccc(F)c(C(=O)O)c1)S(=O)(=O)N(C)[C@H](C1CCCCC1)CN2c1ccccc1. The van der Waals surface area contributed by atoms with Crippen molar-refractivity contribution in [3.63, 3.8) is 0 Å². The van der Waals surface area contributed by atoms with Crippen LogP contribution in [0.1, 0.15) is 68.6 Å². The summed E-state index contributed by atoms with van der Waals surface area (Å²) >= 11 is 0. The highest BCUT2D eigenvalue weighted by molar-refractivity contribution is 7.89. The molecule has 1 aliphatic heterocycles. The van der Waals surface area contributed by atoms with E-state index < -0.39 is 27.4 Å². The molecule has 1 heterocycles. The fourth-order valence-electron chi connectivity index (χ4n) is 6.38. The van der Waals surface area contributed by atoms with Gasteiger partial charge in [0.2, 0.25) is 10.0 Å². The maximum absolute atomic E-state index is 14.4. The van der Waals surface area contributed by atoms with Gasteiger partial charge in [0.25, 0.3) is 0 Å². The molecule has 5 rings (SSSR count). The fraction of sp³-hybridized carbons (Fsp3) is 0.424. The Kier molecular flexibility index (Phi) is 9.18. The standard InChI is InChI=1S/C33H40FN3O4S/c1-3-4-11-18-35-29-21-30-32(20-26(29)24-16-17-28(34)27(19-24)33(38)39)42(40,41)36(2)31(23-12-7-5-8-13-23)22-37(30)25-14-9-6-10-15-25/h6,9-10,14-17,19-21,23,31,35H,3-5,7-8,11-13,18,22H2,1-2H3,(H,38,39)/t31-/m0/s1. The topological polar surface area (TPSA) is 89.9 Å². The second kappa shape index (κ2) is 12.8. The van der Waals surface area contributed by atoms with Crippen LogP contribution in [0.2, 0.25) is 0 Å². The van der Waals surface area contributed by atoms with Crippen molar-refractivity contribution in [2.75, 3.05) is 30.4 Å². The Labute approximate surface area is 248 Å². The van der Waals surface area contributed by atoms with Crippen molar-refractivity contribution >= 4 is 33.1 Å². The van der Waals surface area contributed by atoms with Gasteiger partial charge in [-0.05, 0) is 67.1 Å². The number of unbranched alkanes of at least 4 members (excludes halogenated alkanes) is 2. The van der Waals surface area contributed by atoms with E-state index >= 15 is 0 Å². The number of nitrogens with one attached hydrogen (secondary N) is 1. The number of carboxylic acid groups (broad SMARTS) is 1. The molecule has 0 saturated heterocycles. The minimum atomic E-state index is -3.93. The number of anilines is 3. The second-order valence-electron chi connectivity index (χ2n) is 11.4. The molecule has 1 atom stereocenters. The third kappa shape index (κ3) is 6.03. The lowest BCUT2D eigenvalue weighted by Gasteiger charge is -2.36. The van der Waals surface area contributed by atoms with E-state index in [1.807, 2.05) is 36.4 Å². The normalized spacial score (nSPS) is 19.2. The smallest absolute Gasteiger partial charge is 0.338 e. The zero-order chi connectivity index (χ0) is 29.9. The molecule has 1 aliphatic carbocycles. The zero-order valence-electron chi connectivity index (χ0n) is 24.4. The van der Waals surface area contributed by atoms with E-state index in [1.54, 1.807) is 17.4 Å². The van der Waals surface area contributed by atoms with Crippen molar-refractivity contribution in [2.45, 2.75) is 69.2 Å². The molecular formula is C33H40FN3O4S. The van der Waals surface area contributed by atoms with E-state index in [0.29, 0.717) is 35.6 Å². The number of fused-ring (bicyclic) bond motifs is 1. The van der Waals surface area contributed by atoms with Crippen molar-refractivity contribution in [2.24, 2.45) is 5.92 Å². The van der Waals surface area contributed by atoms with Gasteiger partial charge in [0.1, 0.15) is 10.7 Å². The molecule has 9 heteroatoms. The summed E-state index contributed by atoms with van der Waals surface area (Å²) in [4.78, 5) is 14.0. The Balaban J connectivity index is 1.72. The minimum Gasteiger partial charge on any atom is -0.478 e. The Morgan fingerprint density at radius 3 is 2.45 bits per heavy atom. The number of rotatable bonds is 9. The highest BCUT2D eigenvalue weighted by Gasteiger charge is 2.41. The number of para-hydroxylation sites is 1. The van der Waals surface area contributed by atoms with Gasteiger partial charge in [-0.3, -0.25) is 0 Å². The summed E-state index contributed by atoms with van der Waals surface area (Å²) in [5, 5.41) is 13.1. The van der Waals surface area contributed by atoms with Crippen LogP contribution in [0.4, 0.5) is 21.5 Å². The molecule has 2 aliphatic rings. The minimum absolute atomic E-state index is 0.155. The first-order valence-corrected chi connectivity index (χ1v) is 16.4. The van der Waals surface area contributed by atoms with Crippen LogP contribution in [0.25, 0.3) is 11.1 Å². The molecule has 3 aromatic rings. The van der Waals surface area contributed by atoms with Gasteiger partial charge < -0.3 is 15.3 Å². The van der Waals surface area contributed by atoms with Gasteiger partial charge in [-0.2, -0.15) is 4.31 Å². The lowest BCUT2D eigenvalue weighted by Crippen LogP contribution is -2.46. The van der Waals surface area contributed by atoms with E-state index in [2.05, 4.69) is 17.1 Å². The predicted octanol–water partition coefficient (Wildman–Crippen LogP) is 7.51. The van der Waals surface area contributed by atoms with Gasteiger partial charge in [0, 0.05) is 43.1 Å². The zero-order valence-corrected chi connectivity index (χ0v) is 25.2. The van der Waals surface area contributed by atoms with E-state index in [1.165, 1.54) is 18.6 Å². The second-order valence-corrected chi connectivity index (χ2v) is 13.4. The molecule has 2 N–H and O–H groups in total. The van der Waals surface area contributed by atoms with Crippen molar-refractivity contribution in [3.05, 3.63) is 72.0 Å². The molecule has 0 amide bonds. The van der Waals surface area contributed by atoms with E-state index in [4.69, 9.17) is 0 Å². The van der Waals surface area contributed by atoms with Gasteiger partial charge in [-0.25, -0.2) is 17.6 Å². The quantitative estimate of drug-likeness (QED) is 0.250. The number of carboxylic acids is 1. The van der Waals surface area contributed by atoms with Crippen LogP contribution in [0.5, 0.6) is 0 Å². The van der Waals surface area contributed by atoms with Crippen LogP contribution in [-0.4, -0.2) is 50.0 Å². The van der Waals surface area contributed by atoms with Crippen LogP contribution < -0.4 is 10.2 Å². The number of nitrogens with zero attached hydrogens (tertiary/aromatic N) is 2. The molecule has 0 aromatic heterocycles. The Bertz CT molecular complexity index is 1520. The van der Waals surface area contributed by atoms with Gasteiger partial charge >= 0.3 is 5.97 Å². The largest absolute Gasteiger partial charge is 0.478 e. The summed E-state index contributed by atoms with van der Waals surface area (Å²) in [5.41, 5.74) is 2.67. The molecule has 0 bridgehead atoms.